The molecule has 29 heavy (non-hydrogen) atoms. The minimum absolute atomic E-state index is 0.00253. The van der Waals surface area contributed by atoms with Crippen molar-refractivity contribution in [1.82, 2.24) is 10.4 Å². The molecule has 158 valence electrons. The van der Waals surface area contributed by atoms with Crippen LogP contribution in [0.5, 0.6) is 5.06 Å². The van der Waals surface area contributed by atoms with E-state index in [9.17, 15) is 32.3 Å². The number of hydrogen-bond acceptors (Lipinski definition) is 9. The molecule has 1 fully saturated rings. The number of halogens is 3. The predicted molar refractivity (Wildman–Crippen MR) is 88.9 cm³/mol. The summed E-state index contributed by atoms with van der Waals surface area (Å²) in [5, 5.41) is 3.00. The first-order chi connectivity index (χ1) is 13.6. The quantitative estimate of drug-likeness (QED) is 0.545. The molecule has 2 atom stereocenters. The summed E-state index contributed by atoms with van der Waals surface area (Å²) in [7, 11) is 0. The number of esters is 2. The van der Waals surface area contributed by atoms with Gasteiger partial charge in [-0.3, -0.25) is 19.7 Å². The van der Waals surface area contributed by atoms with E-state index in [1.165, 1.54) is 6.92 Å². The van der Waals surface area contributed by atoms with E-state index in [-0.39, 0.29) is 30.2 Å². The number of ether oxygens (including phenoxy) is 2. The molecule has 0 radical (unpaired) electrons. The van der Waals surface area contributed by atoms with Crippen LogP contribution in [0.4, 0.5) is 13.2 Å². The zero-order chi connectivity index (χ0) is 21.5. The molecule has 2 unspecified atom stereocenters. The number of rotatable bonds is 5. The van der Waals surface area contributed by atoms with Crippen LogP contribution in [0.15, 0.2) is 0 Å². The fraction of sp³-hybridized carbons (Fsp3) is 0.500. The van der Waals surface area contributed by atoms with Gasteiger partial charge in [0.2, 0.25) is 5.78 Å². The Hall–Kier alpha value is -2.51. The molecular formula is C16H15F3N2O7S. The lowest BCUT2D eigenvalue weighted by Gasteiger charge is -2.29. The Labute approximate surface area is 165 Å². The van der Waals surface area contributed by atoms with Crippen molar-refractivity contribution in [3.05, 3.63) is 16.0 Å². The molecule has 0 saturated carbocycles. The lowest BCUT2D eigenvalue weighted by molar-refractivity contribution is -0.200. The fourth-order valence-electron chi connectivity index (χ4n) is 3.08. The normalized spacial score (nSPS) is 21.1. The smallest absolute Gasteiger partial charge is 0.462 e. The summed E-state index contributed by atoms with van der Waals surface area (Å²) in [6.07, 6.45) is -6.34. The molecule has 1 saturated heterocycles. The molecule has 3 aliphatic heterocycles. The molecule has 3 aliphatic rings. The number of nitrogens with zero attached hydrogens (tertiary/aromatic N) is 1. The summed E-state index contributed by atoms with van der Waals surface area (Å²) in [6, 6.07) is 0. The summed E-state index contributed by atoms with van der Waals surface area (Å²) >= 11 is 0.538. The van der Waals surface area contributed by atoms with Crippen molar-refractivity contribution in [2.24, 2.45) is 0 Å². The van der Waals surface area contributed by atoms with E-state index in [1.807, 2.05) is 0 Å². The van der Waals surface area contributed by atoms with E-state index < -0.39 is 52.5 Å². The number of Topliss-reactive ketones (excluding diaryl/α,β-unsaturated/α-hetero) is 1. The number of carbonyl (C=O) groups excluding carboxylic acids is 4. The molecule has 1 aromatic rings. The van der Waals surface area contributed by atoms with Gasteiger partial charge in [0.15, 0.2) is 5.06 Å². The van der Waals surface area contributed by atoms with Crippen LogP contribution in [0, 0.1) is 0 Å². The Kier molecular flexibility index (Phi) is 5.65. The molecular weight excluding hydrogens is 421 g/mol. The topological polar surface area (TPSA) is 111 Å². The summed E-state index contributed by atoms with van der Waals surface area (Å²) in [6.45, 7) is 2.90. The standard InChI is InChI=1S/C16H15F3N2O7S/c1-3-26-13(24)8-7-6-5-20-11(21(27-4-2)12(23)9(6)22)10(7)29-14(8)28-15(25)16(17,18)19/h6,11,20H,3-5H2,1-2H3. The SMILES string of the molecule is CCOC(=O)c1c(OC(=O)C(F)(F)F)sc2c1C1CNC2N(OCC)C(=O)C1=O. The van der Waals surface area contributed by atoms with Gasteiger partial charge in [0, 0.05) is 12.1 Å². The average molecular weight is 436 g/mol. The zero-order valence-corrected chi connectivity index (χ0v) is 15.9. The van der Waals surface area contributed by atoms with Crippen LogP contribution in [0.25, 0.3) is 0 Å². The molecule has 2 bridgehead atoms. The van der Waals surface area contributed by atoms with Crippen molar-refractivity contribution in [2.45, 2.75) is 32.1 Å². The second-order valence-electron chi connectivity index (χ2n) is 5.93. The van der Waals surface area contributed by atoms with E-state index in [1.54, 1.807) is 6.92 Å². The second-order valence-corrected chi connectivity index (χ2v) is 6.94. The summed E-state index contributed by atoms with van der Waals surface area (Å²) in [5.41, 5.74) is -0.469. The highest BCUT2D eigenvalue weighted by Crippen LogP contribution is 2.48. The van der Waals surface area contributed by atoms with Crippen molar-refractivity contribution < 1.29 is 46.7 Å². The molecule has 1 aromatic heterocycles. The molecule has 4 rings (SSSR count). The van der Waals surface area contributed by atoms with Crippen molar-refractivity contribution >= 4 is 35.0 Å². The maximum Gasteiger partial charge on any atom is 0.491 e. The second kappa shape index (κ2) is 7.72. The van der Waals surface area contributed by atoms with Crippen LogP contribution in [0.1, 0.15) is 46.7 Å². The third-order valence-corrected chi connectivity index (χ3v) is 5.32. The number of hydrogen-bond donors (Lipinski definition) is 1. The number of amides is 1. The Balaban J connectivity index is 2.17. The Morgan fingerprint density at radius 1 is 1.24 bits per heavy atom. The molecule has 13 heteroatoms. The summed E-state index contributed by atoms with van der Waals surface area (Å²) in [4.78, 5) is 54.2. The third kappa shape index (κ3) is 3.60. The fourth-order valence-corrected chi connectivity index (χ4v) is 4.34. The Morgan fingerprint density at radius 2 is 1.93 bits per heavy atom. The number of nitrogens with one attached hydrogen (secondary N) is 1. The predicted octanol–water partition coefficient (Wildman–Crippen LogP) is 1.44. The van der Waals surface area contributed by atoms with Gasteiger partial charge < -0.3 is 9.47 Å². The van der Waals surface area contributed by atoms with Crippen LogP contribution < -0.4 is 10.1 Å². The minimum atomic E-state index is -5.30. The lowest BCUT2D eigenvalue weighted by atomic mass is 9.89. The molecule has 1 amide bonds. The Bertz CT molecular complexity index is 883. The van der Waals surface area contributed by atoms with E-state index in [4.69, 9.17) is 9.57 Å². The first-order valence-electron chi connectivity index (χ1n) is 8.48. The van der Waals surface area contributed by atoms with Crippen LogP contribution in [-0.4, -0.2) is 54.6 Å². The van der Waals surface area contributed by atoms with Gasteiger partial charge in [-0.2, -0.15) is 18.2 Å². The van der Waals surface area contributed by atoms with Gasteiger partial charge in [0.05, 0.1) is 24.0 Å². The number of thiophene rings is 1. The van der Waals surface area contributed by atoms with Gasteiger partial charge in [0.25, 0.3) is 0 Å². The Morgan fingerprint density at radius 3 is 2.52 bits per heavy atom. The van der Waals surface area contributed by atoms with Crippen LogP contribution in [0.2, 0.25) is 0 Å². The zero-order valence-electron chi connectivity index (χ0n) is 15.1. The number of hydroxylamine groups is 2. The number of ketones is 1. The third-order valence-electron chi connectivity index (χ3n) is 4.18. The van der Waals surface area contributed by atoms with Crippen molar-refractivity contribution in [1.29, 1.82) is 0 Å². The van der Waals surface area contributed by atoms with E-state index in [0.717, 1.165) is 5.06 Å². The largest absolute Gasteiger partial charge is 0.491 e. The number of carbonyl (C=O) groups is 4. The molecule has 4 heterocycles. The van der Waals surface area contributed by atoms with Gasteiger partial charge in [-0.1, -0.05) is 11.3 Å². The monoisotopic (exact) mass is 436 g/mol. The van der Waals surface area contributed by atoms with Crippen LogP contribution in [0.3, 0.4) is 0 Å². The van der Waals surface area contributed by atoms with Gasteiger partial charge in [0.1, 0.15) is 11.7 Å². The molecule has 9 nitrogen and oxygen atoms in total. The maximum absolute atomic E-state index is 12.7. The molecule has 0 aliphatic carbocycles. The highest BCUT2D eigenvalue weighted by Gasteiger charge is 2.51. The first-order valence-corrected chi connectivity index (χ1v) is 9.29. The van der Waals surface area contributed by atoms with Crippen molar-refractivity contribution in [2.75, 3.05) is 19.8 Å². The lowest BCUT2D eigenvalue weighted by Crippen LogP contribution is -2.41. The minimum Gasteiger partial charge on any atom is -0.462 e. The summed E-state index contributed by atoms with van der Waals surface area (Å²) < 4.78 is 47.3. The highest BCUT2D eigenvalue weighted by atomic mass is 32.1. The van der Waals surface area contributed by atoms with Gasteiger partial charge in [-0.05, 0) is 13.8 Å². The summed E-state index contributed by atoms with van der Waals surface area (Å²) in [5.74, 6) is -6.63. The van der Waals surface area contributed by atoms with Gasteiger partial charge in [-0.25, -0.2) is 9.59 Å². The average Bonchev–Trinajstić information content (AvgIpc) is 2.95. The molecule has 1 N–H and O–H groups in total. The molecule has 0 spiro atoms. The molecule has 0 aromatic carbocycles. The van der Waals surface area contributed by atoms with Crippen molar-refractivity contribution in [3.8, 4) is 5.06 Å². The van der Waals surface area contributed by atoms with Gasteiger partial charge in [-0.15, -0.1) is 0 Å². The van der Waals surface area contributed by atoms with E-state index >= 15 is 0 Å². The number of fused-ring (bicyclic) bond motifs is 3. The van der Waals surface area contributed by atoms with Crippen LogP contribution >= 0.6 is 11.3 Å². The van der Waals surface area contributed by atoms with E-state index in [0.29, 0.717) is 11.3 Å². The van der Waals surface area contributed by atoms with Crippen molar-refractivity contribution in [3.63, 3.8) is 0 Å². The first kappa shape index (κ1) is 21.2. The van der Waals surface area contributed by atoms with E-state index in [2.05, 4.69) is 10.1 Å². The van der Waals surface area contributed by atoms with Gasteiger partial charge >= 0.3 is 24.0 Å². The number of alkyl halides is 3. The maximum atomic E-state index is 12.7. The van der Waals surface area contributed by atoms with Crippen LogP contribution in [-0.2, 0) is 24.0 Å². The highest BCUT2D eigenvalue weighted by molar-refractivity contribution is 7.14.